The number of methoxy groups -OCH3 is 1. The second-order valence-corrected chi connectivity index (χ2v) is 9.31. The van der Waals surface area contributed by atoms with Gasteiger partial charge in [0.2, 0.25) is 0 Å². The van der Waals surface area contributed by atoms with Crippen molar-refractivity contribution in [1.82, 2.24) is 14.8 Å². The molecule has 4 rings (SSSR count). The molecule has 1 saturated heterocycles. The van der Waals surface area contributed by atoms with E-state index in [0.29, 0.717) is 35.2 Å². The Morgan fingerprint density at radius 1 is 1.23 bits per heavy atom. The predicted octanol–water partition coefficient (Wildman–Crippen LogP) is 4.49. The standard InChI is InChI=1S/C28H31F4N5O2/c1-33-27(38)18-9-10-24(26(14-18)39-3)34-12-5-6-19-15-20-22(35-23-11-13-36(2)16-21(23)29)7-4-8-25(20)37(19)17-28(30,31)32/h4,7-10,14-15,21,23,34-35H,11-13,16-17H2,1-3H3,(H,33,38)/t21-,23+/m0/s1/i1D3. The van der Waals surface area contributed by atoms with E-state index >= 15 is 0 Å². The molecule has 2 heterocycles. The Kier molecular flexibility index (Phi) is 7.35. The number of amides is 1. The largest absolute Gasteiger partial charge is 0.495 e. The van der Waals surface area contributed by atoms with Gasteiger partial charge in [0.05, 0.1) is 36.6 Å². The number of hydrogen-bond acceptors (Lipinski definition) is 5. The van der Waals surface area contributed by atoms with Crippen LogP contribution in [-0.2, 0) is 6.54 Å². The van der Waals surface area contributed by atoms with Crippen molar-refractivity contribution in [3.63, 3.8) is 0 Å². The van der Waals surface area contributed by atoms with E-state index in [0.717, 1.165) is 4.57 Å². The summed E-state index contributed by atoms with van der Waals surface area (Å²) in [5.41, 5.74) is 1.52. The number of fused-ring (bicyclic) bond motifs is 1. The van der Waals surface area contributed by atoms with E-state index in [-0.39, 0.29) is 30.1 Å². The maximum atomic E-state index is 14.7. The summed E-state index contributed by atoms with van der Waals surface area (Å²) in [6, 6.07) is 10.3. The molecule has 1 aliphatic rings. The zero-order chi connectivity index (χ0) is 30.7. The summed E-state index contributed by atoms with van der Waals surface area (Å²) in [5.74, 6) is 5.08. The summed E-state index contributed by atoms with van der Waals surface area (Å²) in [6.07, 6.45) is -5.06. The SMILES string of the molecule is [2H]C([2H])([2H])NC(=O)c1ccc(NCC#Cc2cc3c(N[C@@H]4CCN(C)C[C@@H]4F)cccc3n2CC(F)(F)F)c(OC)c1. The number of nitrogens with zero attached hydrogens (tertiary/aromatic N) is 2. The van der Waals surface area contributed by atoms with Gasteiger partial charge in [0.15, 0.2) is 0 Å². The number of rotatable bonds is 7. The molecule has 11 heteroatoms. The van der Waals surface area contributed by atoms with Gasteiger partial charge in [-0.3, -0.25) is 4.79 Å². The molecule has 0 spiro atoms. The molecule has 1 amide bonds. The number of aromatic nitrogens is 1. The van der Waals surface area contributed by atoms with Crippen LogP contribution in [0.1, 0.15) is 26.6 Å². The van der Waals surface area contributed by atoms with Crippen LogP contribution >= 0.6 is 0 Å². The van der Waals surface area contributed by atoms with Gasteiger partial charge >= 0.3 is 6.18 Å². The number of carbonyl (C=O) groups excluding carboxylic acids is 1. The number of halogens is 4. The van der Waals surface area contributed by atoms with Gasteiger partial charge < -0.3 is 30.2 Å². The molecule has 208 valence electrons. The van der Waals surface area contributed by atoms with Gasteiger partial charge in [-0.25, -0.2) is 4.39 Å². The third-order valence-corrected chi connectivity index (χ3v) is 6.53. The average Bonchev–Trinajstić information content (AvgIpc) is 3.23. The molecule has 2 atom stereocenters. The molecule has 39 heavy (non-hydrogen) atoms. The van der Waals surface area contributed by atoms with Crippen LogP contribution in [0.2, 0.25) is 0 Å². The van der Waals surface area contributed by atoms with Crippen LogP contribution in [0.15, 0.2) is 42.5 Å². The highest BCUT2D eigenvalue weighted by Gasteiger charge is 2.31. The molecular weight excluding hydrogens is 514 g/mol. The maximum Gasteiger partial charge on any atom is 0.406 e. The van der Waals surface area contributed by atoms with Crippen LogP contribution in [0.25, 0.3) is 10.9 Å². The quantitative estimate of drug-likeness (QED) is 0.300. The molecule has 3 N–H and O–H groups in total. The molecule has 3 aromatic rings. The molecule has 1 aromatic heterocycles. The minimum Gasteiger partial charge on any atom is -0.495 e. The number of carbonyl (C=O) groups is 1. The van der Waals surface area contributed by atoms with Gasteiger partial charge in [0.25, 0.3) is 5.91 Å². The first-order chi connectivity index (χ1) is 19.7. The number of alkyl halides is 4. The van der Waals surface area contributed by atoms with Crippen molar-refractivity contribution in [2.24, 2.45) is 0 Å². The van der Waals surface area contributed by atoms with Gasteiger partial charge in [-0.05, 0) is 55.8 Å². The Morgan fingerprint density at radius 3 is 2.77 bits per heavy atom. The fourth-order valence-corrected chi connectivity index (χ4v) is 4.61. The van der Waals surface area contributed by atoms with Crippen molar-refractivity contribution >= 4 is 28.2 Å². The molecule has 0 saturated carbocycles. The maximum absolute atomic E-state index is 14.7. The van der Waals surface area contributed by atoms with Gasteiger partial charge in [0.1, 0.15) is 18.5 Å². The second kappa shape index (κ2) is 11.9. The number of benzene rings is 2. The third kappa shape index (κ3) is 6.75. The minimum absolute atomic E-state index is 0.0228. The smallest absolute Gasteiger partial charge is 0.406 e. The Morgan fingerprint density at radius 2 is 2.05 bits per heavy atom. The molecule has 0 radical (unpaired) electrons. The van der Waals surface area contributed by atoms with Crippen LogP contribution in [0.3, 0.4) is 0 Å². The highest BCUT2D eigenvalue weighted by molar-refractivity contribution is 5.95. The van der Waals surface area contributed by atoms with E-state index in [1.165, 1.54) is 25.3 Å². The lowest BCUT2D eigenvalue weighted by molar-refractivity contribution is -0.140. The summed E-state index contributed by atoms with van der Waals surface area (Å²) in [7, 11) is 3.21. The molecule has 1 aliphatic heterocycles. The highest BCUT2D eigenvalue weighted by Crippen LogP contribution is 2.32. The van der Waals surface area contributed by atoms with Crippen LogP contribution in [-0.4, -0.2) is 74.5 Å². The normalized spacial score (nSPS) is 19.3. The van der Waals surface area contributed by atoms with E-state index < -0.39 is 37.8 Å². The average molecular weight is 549 g/mol. The monoisotopic (exact) mass is 548 g/mol. The van der Waals surface area contributed by atoms with E-state index in [1.54, 1.807) is 24.3 Å². The number of ether oxygens (including phenoxy) is 1. The van der Waals surface area contributed by atoms with Crippen molar-refractivity contribution in [1.29, 1.82) is 0 Å². The lowest BCUT2D eigenvalue weighted by Gasteiger charge is -2.33. The van der Waals surface area contributed by atoms with Crippen LogP contribution in [0.4, 0.5) is 28.9 Å². The topological polar surface area (TPSA) is 70.6 Å². The van der Waals surface area contributed by atoms with Gasteiger partial charge in [0, 0.05) is 40.8 Å². The van der Waals surface area contributed by atoms with E-state index in [4.69, 9.17) is 8.85 Å². The molecule has 0 aliphatic carbocycles. The van der Waals surface area contributed by atoms with Crippen molar-refractivity contribution in [2.75, 3.05) is 51.4 Å². The summed E-state index contributed by atoms with van der Waals surface area (Å²) in [6.45, 7) is -2.89. The van der Waals surface area contributed by atoms with E-state index in [2.05, 4.69) is 22.5 Å². The predicted molar refractivity (Wildman–Crippen MR) is 144 cm³/mol. The van der Waals surface area contributed by atoms with Crippen LogP contribution in [0.5, 0.6) is 5.75 Å². The summed E-state index contributed by atoms with van der Waals surface area (Å²) in [4.78, 5) is 14.0. The summed E-state index contributed by atoms with van der Waals surface area (Å²) < 4.78 is 83.2. The fourth-order valence-electron chi connectivity index (χ4n) is 4.61. The Hall–Kier alpha value is -3.91. The molecule has 0 unspecified atom stereocenters. The van der Waals surface area contributed by atoms with Crippen molar-refractivity contribution in [3.05, 3.63) is 53.7 Å². The zero-order valence-corrected chi connectivity index (χ0v) is 21.5. The molecule has 1 fully saturated rings. The van der Waals surface area contributed by atoms with Gasteiger partial charge in [-0.2, -0.15) is 13.2 Å². The summed E-state index contributed by atoms with van der Waals surface area (Å²) in [5, 5.41) is 8.59. The van der Waals surface area contributed by atoms with Gasteiger partial charge in [-0.1, -0.05) is 12.0 Å². The summed E-state index contributed by atoms with van der Waals surface area (Å²) >= 11 is 0. The number of likely N-dealkylation sites (tertiary alicyclic amines) is 1. The molecular formula is C28H31F4N5O2. The van der Waals surface area contributed by atoms with Crippen LogP contribution in [0, 0.1) is 11.8 Å². The molecule has 7 nitrogen and oxygen atoms in total. The number of piperidine rings is 1. The Labute approximate surface area is 228 Å². The van der Waals surface area contributed by atoms with Crippen molar-refractivity contribution < 1.29 is 31.2 Å². The third-order valence-electron chi connectivity index (χ3n) is 6.53. The number of anilines is 2. The first-order valence-electron chi connectivity index (χ1n) is 13.8. The van der Waals surface area contributed by atoms with Crippen molar-refractivity contribution in [2.45, 2.75) is 31.4 Å². The lowest BCUT2D eigenvalue weighted by atomic mass is 10.0. The highest BCUT2D eigenvalue weighted by atomic mass is 19.4. The first kappa shape index (κ1) is 24.2. The molecule has 2 aromatic carbocycles. The number of nitrogens with one attached hydrogen (secondary N) is 3. The van der Waals surface area contributed by atoms with Crippen molar-refractivity contribution in [3.8, 4) is 17.6 Å². The van der Waals surface area contributed by atoms with Gasteiger partial charge in [-0.15, -0.1) is 0 Å². The van der Waals surface area contributed by atoms with E-state index in [9.17, 15) is 22.4 Å². The second-order valence-electron chi connectivity index (χ2n) is 9.31. The first-order valence-corrected chi connectivity index (χ1v) is 12.3. The zero-order valence-electron chi connectivity index (χ0n) is 24.5. The lowest BCUT2D eigenvalue weighted by Crippen LogP contribution is -2.46. The fraction of sp³-hybridized carbons (Fsp3) is 0.393. The minimum atomic E-state index is -4.50. The van der Waals surface area contributed by atoms with Crippen LogP contribution < -0.4 is 20.7 Å². The molecule has 0 bridgehead atoms. The van der Waals surface area contributed by atoms with E-state index in [1.807, 2.05) is 17.3 Å². The Bertz CT molecular complexity index is 1500. The number of hydrogen-bond donors (Lipinski definition) is 3. The Balaban J connectivity index is 1.56.